The van der Waals surface area contributed by atoms with E-state index in [0.29, 0.717) is 0 Å². The number of rotatable bonds is 7. The first kappa shape index (κ1) is 13.1. The summed E-state index contributed by atoms with van der Waals surface area (Å²) in [5.74, 6) is 0. The molecule has 0 aliphatic heterocycles. The number of nitrogens with zero attached hydrogens (tertiary/aromatic N) is 4. The van der Waals surface area contributed by atoms with Gasteiger partial charge in [-0.2, -0.15) is 0 Å². The van der Waals surface area contributed by atoms with Crippen molar-refractivity contribution in [3.05, 3.63) is 11.4 Å². The molecular weight excluding hydrogens is 204 g/mol. The third-order valence-corrected chi connectivity index (χ3v) is 2.53. The molecule has 5 nitrogen and oxygen atoms in total. The summed E-state index contributed by atoms with van der Waals surface area (Å²) in [5, 5.41) is 17.2. The van der Waals surface area contributed by atoms with E-state index in [2.05, 4.69) is 36.2 Å². The zero-order valence-electron chi connectivity index (χ0n) is 10.5. The van der Waals surface area contributed by atoms with E-state index in [1.165, 1.54) is 0 Å². The molecule has 0 spiro atoms. The number of hydrogen-bond acceptors (Lipinski definition) is 4. The molecule has 0 unspecified atom stereocenters. The van der Waals surface area contributed by atoms with Crippen molar-refractivity contribution in [2.45, 2.75) is 39.3 Å². The number of hydrogen-bond donors (Lipinski definition) is 1. The number of aliphatic hydroxyl groups is 1. The number of aliphatic hydroxyl groups excluding tert-OH is 1. The van der Waals surface area contributed by atoms with Crippen LogP contribution in [0.2, 0.25) is 0 Å². The van der Waals surface area contributed by atoms with Crippen LogP contribution in [0, 0.1) is 0 Å². The first-order valence-electron chi connectivity index (χ1n) is 5.85. The van der Waals surface area contributed by atoms with Crippen LogP contribution in [0.3, 0.4) is 0 Å². The minimum Gasteiger partial charge on any atom is -0.390 e. The van der Waals surface area contributed by atoms with Gasteiger partial charge in [-0.15, -0.1) is 5.10 Å². The molecule has 1 aromatic heterocycles. The van der Waals surface area contributed by atoms with Crippen LogP contribution in [0.15, 0.2) is 0 Å². The van der Waals surface area contributed by atoms with Crippen molar-refractivity contribution < 1.29 is 5.11 Å². The molecule has 0 saturated heterocycles. The molecular formula is C11H22N4O. The molecule has 0 radical (unpaired) electrons. The van der Waals surface area contributed by atoms with Crippen molar-refractivity contribution in [2.75, 3.05) is 20.6 Å². The van der Waals surface area contributed by atoms with E-state index in [4.69, 9.17) is 5.11 Å². The van der Waals surface area contributed by atoms with Crippen LogP contribution in [0.5, 0.6) is 0 Å². The van der Waals surface area contributed by atoms with Gasteiger partial charge in [0.15, 0.2) is 0 Å². The predicted octanol–water partition coefficient (Wildman–Crippen LogP) is 0.675. The van der Waals surface area contributed by atoms with Gasteiger partial charge in [0.05, 0.1) is 12.3 Å². The third kappa shape index (κ3) is 3.57. The van der Waals surface area contributed by atoms with Crippen LogP contribution in [0.4, 0.5) is 0 Å². The molecule has 0 aromatic carbocycles. The molecule has 0 atom stereocenters. The molecule has 1 rings (SSSR count). The van der Waals surface area contributed by atoms with Gasteiger partial charge in [0.25, 0.3) is 0 Å². The molecule has 0 saturated carbocycles. The summed E-state index contributed by atoms with van der Waals surface area (Å²) >= 11 is 0. The fourth-order valence-corrected chi connectivity index (χ4v) is 1.72. The number of aryl methyl sites for hydroxylation is 1. The molecule has 0 amide bonds. The van der Waals surface area contributed by atoms with Crippen LogP contribution in [0.25, 0.3) is 0 Å². The van der Waals surface area contributed by atoms with E-state index in [1.807, 2.05) is 4.68 Å². The van der Waals surface area contributed by atoms with Gasteiger partial charge in [-0.1, -0.05) is 18.6 Å². The Bertz CT molecular complexity index is 309. The molecule has 5 heteroatoms. The van der Waals surface area contributed by atoms with Crippen LogP contribution >= 0.6 is 0 Å². The summed E-state index contributed by atoms with van der Waals surface area (Å²) in [6, 6.07) is 0. The fraction of sp³-hybridized carbons (Fsp3) is 0.818. The highest BCUT2D eigenvalue weighted by Gasteiger charge is 2.10. The lowest BCUT2D eigenvalue weighted by atomic mass is 10.2. The lowest BCUT2D eigenvalue weighted by Gasteiger charge is -2.10. The first-order chi connectivity index (χ1) is 7.69. The highest BCUT2D eigenvalue weighted by molar-refractivity contribution is 5.09. The second-order valence-corrected chi connectivity index (χ2v) is 4.27. The van der Waals surface area contributed by atoms with Crippen molar-refractivity contribution in [1.82, 2.24) is 19.9 Å². The summed E-state index contributed by atoms with van der Waals surface area (Å²) in [7, 11) is 4.13. The van der Waals surface area contributed by atoms with Crippen LogP contribution < -0.4 is 0 Å². The molecule has 0 fully saturated rings. The second-order valence-electron chi connectivity index (χ2n) is 4.27. The van der Waals surface area contributed by atoms with Crippen molar-refractivity contribution >= 4 is 0 Å². The zero-order valence-corrected chi connectivity index (χ0v) is 10.5. The van der Waals surface area contributed by atoms with Gasteiger partial charge >= 0.3 is 0 Å². The summed E-state index contributed by atoms with van der Waals surface area (Å²) in [4.78, 5) is 2.16. The van der Waals surface area contributed by atoms with E-state index in [0.717, 1.165) is 43.7 Å². The average Bonchev–Trinajstić information content (AvgIpc) is 2.61. The Morgan fingerprint density at radius 1 is 1.38 bits per heavy atom. The molecule has 1 aromatic rings. The Morgan fingerprint density at radius 2 is 2.12 bits per heavy atom. The van der Waals surface area contributed by atoms with Crippen molar-refractivity contribution in [3.63, 3.8) is 0 Å². The van der Waals surface area contributed by atoms with E-state index in [9.17, 15) is 0 Å². The van der Waals surface area contributed by atoms with E-state index >= 15 is 0 Å². The summed E-state index contributed by atoms with van der Waals surface area (Å²) < 4.78 is 1.93. The molecule has 92 valence electrons. The smallest absolute Gasteiger partial charge is 0.111 e. The van der Waals surface area contributed by atoms with Crippen molar-refractivity contribution in [1.29, 1.82) is 0 Å². The zero-order chi connectivity index (χ0) is 12.0. The Hall–Kier alpha value is -0.940. The van der Waals surface area contributed by atoms with Gasteiger partial charge < -0.3 is 10.0 Å². The molecule has 1 heterocycles. The maximum absolute atomic E-state index is 9.15. The van der Waals surface area contributed by atoms with E-state index in [1.54, 1.807) is 0 Å². The molecule has 0 bridgehead atoms. The maximum atomic E-state index is 9.15. The normalized spacial score (nSPS) is 11.3. The van der Waals surface area contributed by atoms with Gasteiger partial charge in [-0.05, 0) is 33.5 Å². The quantitative estimate of drug-likeness (QED) is 0.742. The van der Waals surface area contributed by atoms with Gasteiger partial charge in [-0.25, -0.2) is 4.68 Å². The minimum absolute atomic E-state index is 0.0109. The van der Waals surface area contributed by atoms with Gasteiger partial charge in [0.1, 0.15) is 5.69 Å². The van der Waals surface area contributed by atoms with Crippen LogP contribution in [-0.4, -0.2) is 45.6 Å². The topological polar surface area (TPSA) is 54.2 Å². The SMILES string of the molecule is CCCc1c(CO)nnn1CCCN(C)C. The molecule has 1 N–H and O–H groups in total. The summed E-state index contributed by atoms with van der Waals surface area (Å²) in [6.45, 7) is 4.03. The first-order valence-corrected chi connectivity index (χ1v) is 5.85. The molecule has 0 aliphatic carbocycles. The Balaban J connectivity index is 2.60. The lowest BCUT2D eigenvalue weighted by Crippen LogP contribution is -2.16. The maximum Gasteiger partial charge on any atom is 0.111 e. The monoisotopic (exact) mass is 226 g/mol. The van der Waals surface area contributed by atoms with E-state index in [-0.39, 0.29) is 6.61 Å². The Labute approximate surface area is 97.1 Å². The third-order valence-electron chi connectivity index (χ3n) is 2.53. The van der Waals surface area contributed by atoms with Gasteiger partial charge in [0, 0.05) is 6.54 Å². The van der Waals surface area contributed by atoms with Gasteiger partial charge in [-0.3, -0.25) is 0 Å². The molecule has 16 heavy (non-hydrogen) atoms. The summed E-state index contributed by atoms with van der Waals surface area (Å²) in [5.41, 5.74) is 1.82. The average molecular weight is 226 g/mol. The Kier molecular flexibility index (Phi) is 5.42. The molecule has 0 aliphatic rings. The Morgan fingerprint density at radius 3 is 2.69 bits per heavy atom. The largest absolute Gasteiger partial charge is 0.390 e. The van der Waals surface area contributed by atoms with Crippen molar-refractivity contribution in [2.24, 2.45) is 0 Å². The van der Waals surface area contributed by atoms with Crippen LogP contribution in [0.1, 0.15) is 31.2 Å². The minimum atomic E-state index is -0.0109. The lowest BCUT2D eigenvalue weighted by molar-refractivity contribution is 0.275. The second kappa shape index (κ2) is 6.60. The number of aromatic nitrogens is 3. The van der Waals surface area contributed by atoms with E-state index < -0.39 is 0 Å². The summed E-state index contributed by atoms with van der Waals surface area (Å²) in [6.07, 6.45) is 3.04. The highest BCUT2D eigenvalue weighted by atomic mass is 16.3. The van der Waals surface area contributed by atoms with Crippen molar-refractivity contribution in [3.8, 4) is 0 Å². The predicted molar refractivity (Wildman–Crippen MR) is 63.1 cm³/mol. The standard InChI is InChI=1S/C11H22N4O/c1-4-6-11-10(9-16)12-13-15(11)8-5-7-14(2)3/h16H,4-9H2,1-3H3. The fourth-order valence-electron chi connectivity index (χ4n) is 1.72. The highest BCUT2D eigenvalue weighted by Crippen LogP contribution is 2.09. The van der Waals surface area contributed by atoms with Gasteiger partial charge in [0.2, 0.25) is 0 Å². The van der Waals surface area contributed by atoms with Crippen LogP contribution in [-0.2, 0) is 19.6 Å².